The second kappa shape index (κ2) is 11.1. The molecule has 3 heterocycles. The number of rotatable bonds is 12. The molecule has 1 aromatic carbocycles. The van der Waals surface area contributed by atoms with Crippen molar-refractivity contribution in [2.75, 3.05) is 25.8 Å². The van der Waals surface area contributed by atoms with Crippen LogP contribution in [0.25, 0.3) is 11.2 Å². The van der Waals surface area contributed by atoms with Crippen molar-refractivity contribution in [2.45, 2.75) is 26.7 Å². The van der Waals surface area contributed by atoms with Crippen LogP contribution < -0.4 is 21.9 Å². The zero-order valence-corrected chi connectivity index (χ0v) is 20.7. The molecule has 0 aliphatic rings. The fourth-order valence-corrected chi connectivity index (χ4v) is 4.46. The molecule has 0 fully saturated rings. The molecule has 4 aromatic rings. The van der Waals surface area contributed by atoms with Crippen molar-refractivity contribution in [3.05, 3.63) is 68.4 Å². The summed E-state index contributed by atoms with van der Waals surface area (Å²) in [4.78, 5) is 33.6. The van der Waals surface area contributed by atoms with E-state index in [1.165, 1.54) is 43.1 Å². The van der Waals surface area contributed by atoms with Crippen LogP contribution in [-0.4, -0.2) is 39.6 Å². The number of methoxy groups -OCH3 is 1. The standard InChI is InChI=1S/C21H23FN5O9P/c1-12-16(36-21(29)35-12)9-34-37(30,33-8-13-3-4-15(31-2)14(22)7-13)11-32-6-5-27-10-24-17-18(27)25-20(23)26-19(17)28/h3-4,7,10H,5-6,8-9,11H2,1-2H3,(H3,23,25,26,28). The smallest absolute Gasteiger partial charge is 0.494 e. The van der Waals surface area contributed by atoms with E-state index in [9.17, 15) is 18.5 Å². The number of benzene rings is 1. The Bertz CT molecular complexity index is 1560. The van der Waals surface area contributed by atoms with Gasteiger partial charge in [-0.1, -0.05) is 6.07 Å². The maximum absolute atomic E-state index is 14.0. The number of aromatic amines is 1. The predicted octanol–water partition coefficient (Wildman–Crippen LogP) is 2.30. The van der Waals surface area contributed by atoms with Crippen molar-refractivity contribution < 1.29 is 36.3 Å². The maximum atomic E-state index is 14.0. The molecule has 0 radical (unpaired) electrons. The molecule has 14 nitrogen and oxygen atoms in total. The number of nitrogens with two attached hydrogens (primary N) is 1. The highest BCUT2D eigenvalue weighted by Crippen LogP contribution is 2.50. The lowest BCUT2D eigenvalue weighted by atomic mass is 10.2. The van der Waals surface area contributed by atoms with E-state index in [4.69, 9.17) is 33.1 Å². The van der Waals surface area contributed by atoms with Gasteiger partial charge in [0, 0.05) is 6.54 Å². The van der Waals surface area contributed by atoms with Gasteiger partial charge in [-0.25, -0.2) is 14.2 Å². The number of nitrogen functional groups attached to an aromatic ring is 1. The monoisotopic (exact) mass is 539 g/mol. The summed E-state index contributed by atoms with van der Waals surface area (Å²) in [5.41, 5.74) is 5.84. The number of nitrogens with one attached hydrogen (secondary N) is 1. The maximum Gasteiger partial charge on any atom is 0.519 e. The van der Waals surface area contributed by atoms with Crippen molar-refractivity contribution in [2.24, 2.45) is 0 Å². The molecular weight excluding hydrogens is 516 g/mol. The van der Waals surface area contributed by atoms with Gasteiger partial charge >= 0.3 is 13.4 Å². The third kappa shape index (κ3) is 6.32. The average Bonchev–Trinajstić information content (AvgIpc) is 3.41. The number of fused-ring (bicyclic) bond motifs is 1. The molecule has 198 valence electrons. The van der Waals surface area contributed by atoms with Crippen LogP contribution in [0.2, 0.25) is 0 Å². The van der Waals surface area contributed by atoms with Gasteiger partial charge in [0.2, 0.25) is 5.95 Å². The first-order valence-electron chi connectivity index (χ1n) is 10.8. The van der Waals surface area contributed by atoms with Crippen LogP contribution in [0.5, 0.6) is 5.75 Å². The Morgan fingerprint density at radius 1 is 1.22 bits per heavy atom. The minimum Gasteiger partial charge on any atom is -0.494 e. The topological polar surface area (TPSA) is 187 Å². The highest BCUT2D eigenvalue weighted by Gasteiger charge is 2.27. The van der Waals surface area contributed by atoms with Gasteiger partial charge in [0.25, 0.3) is 5.56 Å². The summed E-state index contributed by atoms with van der Waals surface area (Å²) in [6.07, 6.45) is 0.903. The number of anilines is 1. The van der Waals surface area contributed by atoms with Crippen molar-refractivity contribution in [3.8, 4) is 5.75 Å². The second-order valence-corrected chi connectivity index (χ2v) is 9.66. The van der Waals surface area contributed by atoms with Crippen LogP contribution >= 0.6 is 7.60 Å². The van der Waals surface area contributed by atoms with Gasteiger partial charge in [-0.2, -0.15) is 4.98 Å². The van der Waals surface area contributed by atoms with Crippen molar-refractivity contribution in [3.63, 3.8) is 0 Å². The van der Waals surface area contributed by atoms with Crippen LogP contribution in [0, 0.1) is 12.7 Å². The van der Waals surface area contributed by atoms with Crippen molar-refractivity contribution >= 4 is 24.7 Å². The molecular formula is C21H23FN5O9P. The van der Waals surface area contributed by atoms with Crippen LogP contribution in [0.15, 0.2) is 42.9 Å². The van der Waals surface area contributed by atoms with Gasteiger partial charge in [-0.05, 0) is 24.6 Å². The van der Waals surface area contributed by atoms with E-state index in [2.05, 4.69) is 15.0 Å². The number of H-pyrrole nitrogens is 1. The fraction of sp³-hybridized carbons (Fsp3) is 0.333. The molecule has 0 saturated carbocycles. The van der Waals surface area contributed by atoms with Crippen LogP contribution in [-0.2, 0) is 38.1 Å². The number of aryl methyl sites for hydroxylation is 1. The molecule has 3 N–H and O–H groups in total. The Kier molecular flexibility index (Phi) is 7.88. The number of nitrogens with zero attached hydrogens (tertiary/aromatic N) is 3. The Morgan fingerprint density at radius 3 is 2.70 bits per heavy atom. The number of halogens is 1. The van der Waals surface area contributed by atoms with E-state index in [-0.39, 0.29) is 54.1 Å². The molecule has 1 atom stereocenters. The molecule has 1 unspecified atom stereocenters. The third-order valence-corrected chi connectivity index (χ3v) is 6.63. The summed E-state index contributed by atoms with van der Waals surface area (Å²) in [7, 11) is -2.63. The Morgan fingerprint density at radius 2 is 2.00 bits per heavy atom. The number of hydrogen-bond acceptors (Lipinski definition) is 12. The number of aromatic nitrogens is 4. The van der Waals surface area contributed by atoms with Gasteiger partial charge < -0.3 is 33.1 Å². The molecule has 0 aliphatic heterocycles. The highest BCUT2D eigenvalue weighted by molar-refractivity contribution is 7.53. The van der Waals surface area contributed by atoms with Gasteiger partial charge in [0.1, 0.15) is 18.7 Å². The normalized spacial score (nSPS) is 13.2. The minimum absolute atomic E-state index is 0.00748. The van der Waals surface area contributed by atoms with E-state index in [1.54, 1.807) is 0 Å². The van der Waals surface area contributed by atoms with E-state index in [0.717, 1.165) is 0 Å². The molecule has 0 bridgehead atoms. The average molecular weight is 539 g/mol. The van der Waals surface area contributed by atoms with Crippen molar-refractivity contribution in [1.82, 2.24) is 19.5 Å². The quantitative estimate of drug-likeness (QED) is 0.198. The van der Waals surface area contributed by atoms with Gasteiger partial charge in [0.15, 0.2) is 28.5 Å². The lowest BCUT2D eigenvalue weighted by molar-refractivity contribution is 0.114. The van der Waals surface area contributed by atoms with E-state index in [1.807, 2.05) is 0 Å². The molecule has 0 aliphatic carbocycles. The number of ether oxygens (including phenoxy) is 2. The Hall–Kier alpha value is -3.78. The number of hydrogen-bond donors (Lipinski definition) is 2. The van der Waals surface area contributed by atoms with Crippen LogP contribution in [0.4, 0.5) is 10.3 Å². The Labute approximate surface area is 207 Å². The summed E-state index contributed by atoms with van der Waals surface area (Å²) in [6.45, 7) is 1.01. The second-order valence-electron chi connectivity index (χ2n) is 7.66. The molecule has 3 aromatic heterocycles. The van der Waals surface area contributed by atoms with Crippen LogP contribution in [0.3, 0.4) is 0 Å². The zero-order chi connectivity index (χ0) is 26.6. The van der Waals surface area contributed by atoms with Crippen LogP contribution in [0.1, 0.15) is 17.1 Å². The fourth-order valence-electron chi connectivity index (χ4n) is 3.22. The molecule has 4 rings (SSSR count). The summed E-state index contributed by atoms with van der Waals surface area (Å²) < 4.78 is 60.0. The van der Waals surface area contributed by atoms with Gasteiger partial charge in [0.05, 0.1) is 26.7 Å². The van der Waals surface area contributed by atoms with E-state index >= 15 is 0 Å². The first-order chi connectivity index (χ1) is 17.7. The number of imidazole rings is 1. The van der Waals surface area contributed by atoms with E-state index < -0.39 is 37.7 Å². The summed E-state index contributed by atoms with van der Waals surface area (Å²) in [5.74, 6) is -1.39. The molecule has 16 heteroatoms. The molecule has 0 amide bonds. The summed E-state index contributed by atoms with van der Waals surface area (Å²) >= 11 is 0. The Balaban J connectivity index is 1.42. The minimum atomic E-state index is -3.96. The molecule has 0 spiro atoms. The summed E-state index contributed by atoms with van der Waals surface area (Å²) in [6, 6.07) is 4.12. The first-order valence-corrected chi connectivity index (χ1v) is 12.5. The van der Waals surface area contributed by atoms with E-state index in [0.29, 0.717) is 5.56 Å². The highest BCUT2D eigenvalue weighted by atomic mass is 31.2. The SMILES string of the molecule is COc1ccc(COP(=O)(COCCn2cnc3c(=O)[nH]c(N)nc32)OCc2oc(=O)oc2C)cc1F. The summed E-state index contributed by atoms with van der Waals surface area (Å²) in [5, 5.41) is 0. The van der Waals surface area contributed by atoms with Crippen molar-refractivity contribution in [1.29, 1.82) is 0 Å². The predicted molar refractivity (Wildman–Crippen MR) is 125 cm³/mol. The molecule has 0 saturated heterocycles. The lowest BCUT2D eigenvalue weighted by Gasteiger charge is -2.18. The lowest BCUT2D eigenvalue weighted by Crippen LogP contribution is -2.13. The molecule has 37 heavy (non-hydrogen) atoms. The third-order valence-electron chi connectivity index (χ3n) is 5.09. The zero-order valence-electron chi connectivity index (χ0n) is 19.8. The van der Waals surface area contributed by atoms with Gasteiger partial charge in [-0.3, -0.25) is 18.9 Å². The largest absolute Gasteiger partial charge is 0.519 e. The van der Waals surface area contributed by atoms with Gasteiger partial charge in [-0.15, -0.1) is 0 Å². The first kappa shape index (κ1) is 26.3.